The molecule has 2 aromatic carbocycles. The Morgan fingerprint density at radius 2 is 1.79 bits per heavy atom. The van der Waals surface area contributed by atoms with Crippen LogP contribution in [0.25, 0.3) is 0 Å². The Morgan fingerprint density at radius 1 is 1.12 bits per heavy atom. The molecule has 2 unspecified atom stereocenters. The molecule has 2 atom stereocenters. The van der Waals surface area contributed by atoms with Crippen molar-refractivity contribution in [2.75, 3.05) is 6.54 Å². The van der Waals surface area contributed by atoms with Gasteiger partial charge in [0, 0.05) is 17.9 Å². The third-order valence-electron chi connectivity index (χ3n) is 4.73. The van der Waals surface area contributed by atoms with Crippen LogP contribution in [0.3, 0.4) is 0 Å². The second kappa shape index (κ2) is 6.34. The van der Waals surface area contributed by atoms with Crippen LogP contribution in [0.5, 0.6) is 0 Å². The third kappa shape index (κ3) is 3.48. The lowest BCUT2D eigenvalue weighted by Gasteiger charge is -2.26. The van der Waals surface area contributed by atoms with Crippen LogP contribution in [0.15, 0.2) is 48.5 Å². The van der Waals surface area contributed by atoms with E-state index in [-0.39, 0.29) is 29.4 Å². The lowest BCUT2D eigenvalue weighted by Crippen LogP contribution is -2.38. The Hall–Kier alpha value is -2.23. The van der Waals surface area contributed by atoms with Crippen molar-refractivity contribution in [3.05, 3.63) is 71.3 Å². The van der Waals surface area contributed by atoms with Crippen molar-refractivity contribution in [3.8, 4) is 0 Å². The Labute approximate surface area is 140 Å². The molecule has 24 heavy (non-hydrogen) atoms. The molecule has 3 rings (SSSR count). The fourth-order valence-electron chi connectivity index (χ4n) is 3.11. The first kappa shape index (κ1) is 16.6. The summed E-state index contributed by atoms with van der Waals surface area (Å²) >= 11 is 0. The smallest absolute Gasteiger partial charge is 0.223 e. The number of nitrogens with one attached hydrogen (secondary N) is 1. The molecule has 2 aromatic rings. The van der Waals surface area contributed by atoms with Gasteiger partial charge in [-0.3, -0.25) is 4.79 Å². The summed E-state index contributed by atoms with van der Waals surface area (Å²) in [5, 5.41) is 2.94. The summed E-state index contributed by atoms with van der Waals surface area (Å²) in [5.74, 6) is -0.470. The normalized spacial score (nSPS) is 19.8. The maximum Gasteiger partial charge on any atom is 0.223 e. The van der Waals surface area contributed by atoms with E-state index in [1.807, 2.05) is 13.8 Å². The molecule has 1 aliphatic carbocycles. The number of rotatable bonds is 5. The molecule has 1 N–H and O–H groups in total. The van der Waals surface area contributed by atoms with Gasteiger partial charge < -0.3 is 5.32 Å². The van der Waals surface area contributed by atoms with Crippen molar-refractivity contribution >= 4 is 5.91 Å². The van der Waals surface area contributed by atoms with E-state index in [0.29, 0.717) is 12.1 Å². The highest BCUT2D eigenvalue weighted by Gasteiger charge is 2.44. The van der Waals surface area contributed by atoms with Crippen LogP contribution in [-0.4, -0.2) is 12.5 Å². The molecule has 1 fully saturated rings. The maximum absolute atomic E-state index is 14.0. The lowest BCUT2D eigenvalue weighted by atomic mass is 9.84. The van der Waals surface area contributed by atoms with Crippen molar-refractivity contribution in [1.82, 2.24) is 5.32 Å². The maximum atomic E-state index is 14.0. The summed E-state index contributed by atoms with van der Waals surface area (Å²) in [6.07, 6.45) is 0.775. The molecule has 0 saturated heterocycles. The van der Waals surface area contributed by atoms with E-state index in [2.05, 4.69) is 5.32 Å². The van der Waals surface area contributed by atoms with Gasteiger partial charge in [-0.15, -0.1) is 0 Å². The molecule has 1 saturated carbocycles. The monoisotopic (exact) mass is 329 g/mol. The molecule has 0 aliphatic heterocycles. The molecule has 0 heterocycles. The van der Waals surface area contributed by atoms with E-state index >= 15 is 0 Å². The van der Waals surface area contributed by atoms with E-state index in [4.69, 9.17) is 0 Å². The zero-order valence-corrected chi connectivity index (χ0v) is 13.9. The van der Waals surface area contributed by atoms with Crippen molar-refractivity contribution in [2.45, 2.75) is 31.6 Å². The van der Waals surface area contributed by atoms with Crippen molar-refractivity contribution in [3.63, 3.8) is 0 Å². The molecule has 2 nitrogen and oxygen atoms in total. The van der Waals surface area contributed by atoms with Crippen LogP contribution in [0, 0.1) is 17.6 Å². The Morgan fingerprint density at radius 3 is 2.46 bits per heavy atom. The molecule has 1 aliphatic rings. The van der Waals surface area contributed by atoms with Gasteiger partial charge in [-0.2, -0.15) is 0 Å². The van der Waals surface area contributed by atoms with Crippen LogP contribution in [-0.2, 0) is 10.2 Å². The quantitative estimate of drug-likeness (QED) is 0.877. The summed E-state index contributed by atoms with van der Waals surface area (Å²) in [5.41, 5.74) is 1.10. The number of hydrogen-bond acceptors (Lipinski definition) is 1. The largest absolute Gasteiger partial charge is 0.355 e. The average molecular weight is 329 g/mol. The highest BCUT2D eigenvalue weighted by molar-refractivity contribution is 5.83. The van der Waals surface area contributed by atoms with E-state index in [0.717, 1.165) is 12.0 Å². The standard InChI is InChI=1S/C20H21F2NO/c1-20(2,17-5-3-4-6-18(17)22)12-23-19(24)16-11-15(16)13-7-9-14(21)10-8-13/h3-10,15-16H,11-12H2,1-2H3,(H,23,24). The Kier molecular flexibility index (Phi) is 4.39. The first-order chi connectivity index (χ1) is 11.4. The van der Waals surface area contributed by atoms with Gasteiger partial charge in [-0.05, 0) is 41.7 Å². The summed E-state index contributed by atoms with van der Waals surface area (Å²) in [7, 11) is 0. The summed E-state index contributed by atoms with van der Waals surface area (Å²) in [6.45, 7) is 4.20. The number of halogens is 2. The van der Waals surface area contributed by atoms with Gasteiger partial charge in [-0.1, -0.05) is 44.2 Å². The van der Waals surface area contributed by atoms with Gasteiger partial charge in [-0.25, -0.2) is 8.78 Å². The molecular formula is C20H21F2NO. The van der Waals surface area contributed by atoms with Gasteiger partial charge in [0.15, 0.2) is 0 Å². The second-order valence-corrected chi connectivity index (χ2v) is 7.08. The molecule has 0 radical (unpaired) electrons. The molecule has 1 amide bonds. The van der Waals surface area contributed by atoms with Crippen LogP contribution in [0.1, 0.15) is 37.3 Å². The first-order valence-electron chi connectivity index (χ1n) is 8.17. The van der Waals surface area contributed by atoms with E-state index in [9.17, 15) is 13.6 Å². The molecule has 126 valence electrons. The number of hydrogen-bond donors (Lipinski definition) is 1. The van der Waals surface area contributed by atoms with E-state index in [1.54, 1.807) is 30.3 Å². The predicted octanol–water partition coefficient (Wildman–Crippen LogP) is 4.16. The topological polar surface area (TPSA) is 29.1 Å². The van der Waals surface area contributed by atoms with Crippen molar-refractivity contribution < 1.29 is 13.6 Å². The van der Waals surface area contributed by atoms with E-state index < -0.39 is 5.41 Å². The highest BCUT2D eigenvalue weighted by atomic mass is 19.1. The fraction of sp³-hybridized carbons (Fsp3) is 0.350. The summed E-state index contributed by atoms with van der Waals surface area (Å²) in [6, 6.07) is 12.9. The van der Waals surface area contributed by atoms with Gasteiger partial charge in [0.05, 0.1) is 0 Å². The molecule has 4 heteroatoms. The zero-order chi connectivity index (χ0) is 17.3. The summed E-state index contributed by atoms with van der Waals surface area (Å²) in [4.78, 5) is 12.3. The zero-order valence-electron chi connectivity index (χ0n) is 13.9. The molecule has 0 aromatic heterocycles. The number of carbonyl (C=O) groups is 1. The van der Waals surface area contributed by atoms with Gasteiger partial charge >= 0.3 is 0 Å². The van der Waals surface area contributed by atoms with Crippen molar-refractivity contribution in [2.24, 2.45) is 5.92 Å². The average Bonchev–Trinajstić information content (AvgIpc) is 3.34. The number of carbonyl (C=O) groups excluding carboxylic acids is 1. The minimum Gasteiger partial charge on any atom is -0.355 e. The van der Waals surface area contributed by atoms with Gasteiger partial charge in [0.1, 0.15) is 11.6 Å². The van der Waals surface area contributed by atoms with Crippen LogP contribution in [0.4, 0.5) is 8.78 Å². The summed E-state index contributed by atoms with van der Waals surface area (Å²) < 4.78 is 26.9. The number of amides is 1. The second-order valence-electron chi connectivity index (χ2n) is 7.08. The van der Waals surface area contributed by atoms with Gasteiger partial charge in [0.25, 0.3) is 0 Å². The molecule has 0 bridgehead atoms. The molecule has 0 spiro atoms. The van der Waals surface area contributed by atoms with Crippen LogP contribution < -0.4 is 5.32 Å². The third-order valence-corrected chi connectivity index (χ3v) is 4.73. The Bertz CT molecular complexity index is 740. The van der Waals surface area contributed by atoms with Gasteiger partial charge in [0.2, 0.25) is 5.91 Å². The van der Waals surface area contributed by atoms with Crippen LogP contribution in [0.2, 0.25) is 0 Å². The lowest BCUT2D eigenvalue weighted by molar-refractivity contribution is -0.122. The number of benzene rings is 2. The van der Waals surface area contributed by atoms with Crippen molar-refractivity contribution in [1.29, 1.82) is 0 Å². The highest BCUT2D eigenvalue weighted by Crippen LogP contribution is 2.47. The SMILES string of the molecule is CC(C)(CNC(=O)C1CC1c1ccc(F)cc1)c1ccccc1F. The van der Waals surface area contributed by atoms with E-state index in [1.165, 1.54) is 18.2 Å². The Balaban J connectivity index is 1.58. The first-order valence-corrected chi connectivity index (χ1v) is 8.17. The predicted molar refractivity (Wildman–Crippen MR) is 89.7 cm³/mol. The van der Waals surface area contributed by atoms with Crippen LogP contribution >= 0.6 is 0 Å². The molecular weight excluding hydrogens is 308 g/mol. The minimum atomic E-state index is -0.485. The minimum absolute atomic E-state index is 0.0197. The fourth-order valence-corrected chi connectivity index (χ4v) is 3.11.